The predicted molar refractivity (Wildman–Crippen MR) is 61.6 cm³/mol. The molecule has 1 aromatic rings. The van der Waals surface area contributed by atoms with Crippen molar-refractivity contribution in [2.24, 2.45) is 17.8 Å². The molecule has 0 bridgehead atoms. The quantitative estimate of drug-likeness (QED) is 0.791. The van der Waals surface area contributed by atoms with Crippen LogP contribution in [-0.2, 0) is 4.79 Å². The molecule has 1 heterocycles. The summed E-state index contributed by atoms with van der Waals surface area (Å²) in [7, 11) is 0. The molecule has 2 aliphatic carbocycles. The van der Waals surface area contributed by atoms with Crippen LogP contribution in [0, 0.1) is 17.8 Å². The minimum absolute atomic E-state index is 0.0811. The van der Waals surface area contributed by atoms with E-state index >= 15 is 0 Å². The van der Waals surface area contributed by atoms with E-state index in [2.05, 4.69) is 10.3 Å². The van der Waals surface area contributed by atoms with Gasteiger partial charge in [-0.1, -0.05) is 0 Å². The summed E-state index contributed by atoms with van der Waals surface area (Å²) < 4.78 is 0. The molecule has 3 N–H and O–H groups in total. The van der Waals surface area contributed by atoms with Gasteiger partial charge in [0, 0.05) is 12.1 Å². The van der Waals surface area contributed by atoms with E-state index in [1.165, 1.54) is 6.42 Å². The summed E-state index contributed by atoms with van der Waals surface area (Å²) in [5.41, 5.74) is 6.25. The summed E-state index contributed by atoms with van der Waals surface area (Å²) in [6.45, 7) is 0. The van der Waals surface area contributed by atoms with E-state index in [1.807, 2.05) is 0 Å². The Labute approximate surface area is 94.2 Å². The maximum absolute atomic E-state index is 11.9. The number of nitrogens with two attached hydrogens (primary N) is 1. The topological polar surface area (TPSA) is 68.0 Å². The Kier molecular flexibility index (Phi) is 2.09. The van der Waals surface area contributed by atoms with Gasteiger partial charge in [-0.15, -0.1) is 0 Å². The Morgan fingerprint density at radius 2 is 2.12 bits per heavy atom. The Balaban J connectivity index is 1.66. The first-order valence-corrected chi connectivity index (χ1v) is 5.75. The van der Waals surface area contributed by atoms with Crippen molar-refractivity contribution >= 4 is 17.4 Å². The lowest BCUT2D eigenvalue weighted by Gasteiger charge is -2.12. The number of nitrogens with one attached hydrogen (secondary N) is 1. The molecule has 2 fully saturated rings. The molecular weight excluding hydrogens is 202 g/mol. The highest BCUT2D eigenvalue weighted by atomic mass is 16.2. The van der Waals surface area contributed by atoms with Gasteiger partial charge in [-0.3, -0.25) is 4.79 Å². The van der Waals surface area contributed by atoms with Gasteiger partial charge in [0.2, 0.25) is 5.91 Å². The van der Waals surface area contributed by atoms with Gasteiger partial charge in [0.15, 0.2) is 5.82 Å². The molecule has 16 heavy (non-hydrogen) atoms. The average molecular weight is 217 g/mol. The number of pyridine rings is 1. The van der Waals surface area contributed by atoms with Crippen LogP contribution in [0.3, 0.4) is 0 Å². The van der Waals surface area contributed by atoms with E-state index in [9.17, 15) is 4.79 Å². The lowest BCUT2D eigenvalue weighted by molar-refractivity contribution is -0.120. The molecule has 84 valence electrons. The largest absolute Gasteiger partial charge is 0.396 e. The maximum atomic E-state index is 11.9. The second-order valence-corrected chi connectivity index (χ2v) is 4.85. The molecule has 1 amide bonds. The lowest BCUT2D eigenvalue weighted by atomic mass is 10.0. The summed E-state index contributed by atoms with van der Waals surface area (Å²) in [4.78, 5) is 16.0. The zero-order valence-corrected chi connectivity index (χ0v) is 9.02. The molecule has 0 aliphatic heterocycles. The highest BCUT2D eigenvalue weighted by Crippen LogP contribution is 2.54. The van der Waals surface area contributed by atoms with Crippen molar-refractivity contribution in [3.8, 4) is 0 Å². The number of nitrogen functional groups attached to an aromatic ring is 1. The summed E-state index contributed by atoms with van der Waals surface area (Å²) in [5.74, 6) is 2.38. The van der Waals surface area contributed by atoms with Crippen molar-refractivity contribution < 1.29 is 4.79 Å². The first kappa shape index (κ1) is 9.63. The number of fused-ring (bicyclic) bond motifs is 1. The van der Waals surface area contributed by atoms with Crippen molar-refractivity contribution in [2.75, 3.05) is 11.1 Å². The average Bonchev–Trinajstić information content (AvgIpc) is 2.89. The van der Waals surface area contributed by atoms with E-state index in [4.69, 9.17) is 5.73 Å². The molecule has 2 saturated carbocycles. The predicted octanol–water partition coefficient (Wildman–Crippen LogP) is 1.65. The zero-order chi connectivity index (χ0) is 11.1. The summed E-state index contributed by atoms with van der Waals surface area (Å²) in [6.07, 6.45) is 5.06. The monoisotopic (exact) mass is 217 g/mol. The first-order valence-electron chi connectivity index (χ1n) is 5.75. The number of amides is 1. The Bertz CT molecular complexity index is 422. The fraction of sp³-hybridized carbons (Fsp3) is 0.500. The zero-order valence-electron chi connectivity index (χ0n) is 9.02. The van der Waals surface area contributed by atoms with E-state index < -0.39 is 0 Å². The fourth-order valence-electron chi connectivity index (χ4n) is 2.67. The number of aromatic nitrogens is 1. The number of rotatable bonds is 2. The SMILES string of the molecule is Nc1cccnc1NC(=O)C1CC2CC2C1. The van der Waals surface area contributed by atoms with Crippen molar-refractivity contribution in [1.29, 1.82) is 0 Å². The minimum Gasteiger partial charge on any atom is -0.396 e. The third-order valence-corrected chi connectivity index (χ3v) is 3.69. The standard InChI is InChI=1S/C12H15N3O/c13-10-2-1-3-14-11(10)15-12(16)9-5-7-4-8(7)6-9/h1-3,7-9H,4-6,13H2,(H,14,15,16). The van der Waals surface area contributed by atoms with E-state index in [0.29, 0.717) is 11.5 Å². The van der Waals surface area contributed by atoms with Gasteiger partial charge in [-0.2, -0.15) is 0 Å². The number of hydrogen-bond donors (Lipinski definition) is 2. The van der Waals surface area contributed by atoms with Gasteiger partial charge in [0.05, 0.1) is 5.69 Å². The number of nitrogens with zero attached hydrogens (tertiary/aromatic N) is 1. The maximum Gasteiger partial charge on any atom is 0.228 e. The van der Waals surface area contributed by atoms with Crippen LogP contribution in [0.15, 0.2) is 18.3 Å². The number of anilines is 2. The summed E-state index contributed by atoms with van der Waals surface area (Å²) in [6, 6.07) is 3.50. The van der Waals surface area contributed by atoms with E-state index in [-0.39, 0.29) is 11.8 Å². The highest BCUT2D eigenvalue weighted by molar-refractivity contribution is 5.94. The van der Waals surface area contributed by atoms with Gasteiger partial charge < -0.3 is 11.1 Å². The van der Waals surface area contributed by atoms with Gasteiger partial charge in [0.25, 0.3) is 0 Å². The summed E-state index contributed by atoms with van der Waals surface area (Å²) >= 11 is 0. The number of carbonyl (C=O) groups excluding carboxylic acids is 1. The van der Waals surface area contributed by atoms with Crippen LogP contribution in [0.5, 0.6) is 0 Å². The second kappa shape index (κ2) is 3.47. The first-order chi connectivity index (χ1) is 7.74. The van der Waals surface area contributed by atoms with Crippen molar-refractivity contribution in [3.63, 3.8) is 0 Å². The Morgan fingerprint density at radius 1 is 1.38 bits per heavy atom. The molecule has 0 spiro atoms. The lowest BCUT2D eigenvalue weighted by Crippen LogP contribution is -2.22. The molecule has 0 radical (unpaired) electrons. The van der Waals surface area contributed by atoms with Gasteiger partial charge in [-0.05, 0) is 43.2 Å². The smallest absolute Gasteiger partial charge is 0.228 e. The third-order valence-electron chi connectivity index (χ3n) is 3.69. The van der Waals surface area contributed by atoms with Gasteiger partial charge >= 0.3 is 0 Å². The van der Waals surface area contributed by atoms with Gasteiger partial charge in [0.1, 0.15) is 0 Å². The number of hydrogen-bond acceptors (Lipinski definition) is 3. The normalized spacial score (nSPS) is 30.9. The molecule has 2 aliphatic rings. The Morgan fingerprint density at radius 3 is 2.81 bits per heavy atom. The molecular formula is C12H15N3O. The van der Waals surface area contributed by atoms with Gasteiger partial charge in [-0.25, -0.2) is 4.98 Å². The fourth-order valence-corrected chi connectivity index (χ4v) is 2.67. The molecule has 4 heteroatoms. The van der Waals surface area contributed by atoms with Crippen molar-refractivity contribution in [3.05, 3.63) is 18.3 Å². The highest BCUT2D eigenvalue weighted by Gasteiger charge is 2.48. The molecule has 0 saturated heterocycles. The molecule has 4 nitrogen and oxygen atoms in total. The van der Waals surface area contributed by atoms with Crippen LogP contribution in [0.1, 0.15) is 19.3 Å². The van der Waals surface area contributed by atoms with Crippen LogP contribution in [0.4, 0.5) is 11.5 Å². The van der Waals surface area contributed by atoms with Crippen LogP contribution in [0.25, 0.3) is 0 Å². The second-order valence-electron chi connectivity index (χ2n) is 4.85. The van der Waals surface area contributed by atoms with E-state index in [1.54, 1.807) is 18.3 Å². The van der Waals surface area contributed by atoms with Crippen LogP contribution < -0.4 is 11.1 Å². The van der Waals surface area contributed by atoms with Crippen LogP contribution in [-0.4, -0.2) is 10.9 Å². The number of carbonyl (C=O) groups is 1. The molecule has 3 rings (SSSR count). The molecule has 0 aromatic carbocycles. The van der Waals surface area contributed by atoms with Crippen LogP contribution >= 0.6 is 0 Å². The van der Waals surface area contributed by atoms with E-state index in [0.717, 1.165) is 24.7 Å². The molecule has 1 aromatic heterocycles. The molecule has 2 atom stereocenters. The van der Waals surface area contributed by atoms with Crippen LogP contribution in [0.2, 0.25) is 0 Å². The van der Waals surface area contributed by atoms with Crippen molar-refractivity contribution in [1.82, 2.24) is 4.98 Å². The van der Waals surface area contributed by atoms with Crippen molar-refractivity contribution in [2.45, 2.75) is 19.3 Å². The third kappa shape index (κ3) is 1.64. The Hall–Kier alpha value is -1.58. The summed E-state index contributed by atoms with van der Waals surface area (Å²) in [5, 5.41) is 2.82. The minimum atomic E-state index is 0.0811. The molecule has 2 unspecified atom stereocenters.